The maximum Gasteiger partial charge on any atom is 0.0399 e. The van der Waals surface area contributed by atoms with Crippen LogP contribution in [0, 0.1) is 0 Å². The summed E-state index contributed by atoms with van der Waals surface area (Å²) in [7, 11) is 0. The Balaban J connectivity index is 1.39. The van der Waals surface area contributed by atoms with Gasteiger partial charge in [0.1, 0.15) is 0 Å². The van der Waals surface area contributed by atoms with E-state index in [-0.39, 0.29) is 0 Å². The highest BCUT2D eigenvalue weighted by Gasteiger charge is 2.17. The van der Waals surface area contributed by atoms with Crippen molar-refractivity contribution in [2.75, 3.05) is 24.5 Å². The first-order chi connectivity index (χ1) is 9.43. The third kappa shape index (κ3) is 3.30. The van der Waals surface area contributed by atoms with Gasteiger partial charge in [-0.1, -0.05) is 37.5 Å². The summed E-state index contributed by atoms with van der Waals surface area (Å²) in [6.45, 7) is 3.60. The van der Waals surface area contributed by atoms with Crippen LogP contribution in [0.5, 0.6) is 0 Å². The minimum absolute atomic E-state index is 0.805. The lowest BCUT2D eigenvalue weighted by Gasteiger charge is -2.24. The molecule has 19 heavy (non-hydrogen) atoms. The van der Waals surface area contributed by atoms with Crippen molar-refractivity contribution in [3.05, 3.63) is 29.8 Å². The predicted molar refractivity (Wildman–Crippen MR) is 81.9 cm³/mol. The van der Waals surface area contributed by atoms with E-state index in [1.54, 1.807) is 0 Å². The smallest absolute Gasteiger partial charge is 0.0399 e. The number of fused-ring (bicyclic) bond motifs is 1. The third-order valence-electron chi connectivity index (χ3n) is 4.63. The number of hydrogen-bond donors (Lipinski definition) is 1. The van der Waals surface area contributed by atoms with Gasteiger partial charge in [0.2, 0.25) is 0 Å². The van der Waals surface area contributed by atoms with Gasteiger partial charge in [-0.3, -0.25) is 0 Å². The summed E-state index contributed by atoms with van der Waals surface area (Å²) in [6.07, 6.45) is 9.59. The van der Waals surface area contributed by atoms with Crippen molar-refractivity contribution < 1.29 is 0 Å². The van der Waals surface area contributed by atoms with E-state index >= 15 is 0 Å². The van der Waals surface area contributed by atoms with Crippen molar-refractivity contribution in [1.82, 2.24) is 5.32 Å². The molecule has 2 aliphatic rings. The zero-order valence-electron chi connectivity index (χ0n) is 11.9. The number of nitrogens with zero attached hydrogens (tertiary/aromatic N) is 1. The van der Waals surface area contributed by atoms with E-state index in [0.717, 1.165) is 6.04 Å². The number of nitrogens with one attached hydrogen (secondary N) is 1. The van der Waals surface area contributed by atoms with Crippen LogP contribution in [0.1, 0.15) is 44.1 Å². The molecule has 1 aliphatic carbocycles. The molecule has 3 rings (SSSR count). The van der Waals surface area contributed by atoms with Crippen molar-refractivity contribution in [1.29, 1.82) is 0 Å². The molecule has 2 heteroatoms. The van der Waals surface area contributed by atoms with E-state index in [2.05, 4.69) is 34.5 Å². The number of para-hydroxylation sites is 1. The van der Waals surface area contributed by atoms with Crippen molar-refractivity contribution in [3.8, 4) is 0 Å². The summed E-state index contributed by atoms with van der Waals surface area (Å²) in [4.78, 5) is 2.55. The zero-order valence-corrected chi connectivity index (χ0v) is 11.9. The highest BCUT2D eigenvalue weighted by molar-refractivity contribution is 5.57. The maximum absolute atomic E-state index is 3.74. The molecule has 0 spiro atoms. The molecule has 1 aromatic rings. The Labute approximate surface area is 117 Å². The maximum atomic E-state index is 3.74. The van der Waals surface area contributed by atoms with E-state index in [4.69, 9.17) is 0 Å². The van der Waals surface area contributed by atoms with Crippen LogP contribution in [0.25, 0.3) is 0 Å². The average Bonchev–Trinajstić information content (AvgIpc) is 2.88. The van der Waals surface area contributed by atoms with Crippen molar-refractivity contribution in [2.45, 2.75) is 51.0 Å². The monoisotopic (exact) mass is 258 g/mol. The Kier molecular flexibility index (Phi) is 4.39. The minimum atomic E-state index is 0.805. The summed E-state index contributed by atoms with van der Waals surface area (Å²) < 4.78 is 0. The lowest BCUT2D eigenvalue weighted by molar-refractivity contribution is 0.372. The van der Waals surface area contributed by atoms with Crippen LogP contribution in [0.15, 0.2) is 24.3 Å². The second-order valence-corrected chi connectivity index (χ2v) is 6.01. The standard InChI is InChI=1S/C17H26N2/c1-2-8-16(9-3-1)18-12-6-13-19-14-11-15-7-4-5-10-17(15)19/h4-5,7,10,16,18H,1-3,6,8-9,11-14H2. The first kappa shape index (κ1) is 13.0. The van der Waals surface area contributed by atoms with Gasteiger partial charge in [-0.05, 0) is 43.9 Å². The number of hydrogen-bond acceptors (Lipinski definition) is 2. The molecule has 1 aromatic carbocycles. The van der Waals surface area contributed by atoms with E-state index in [1.165, 1.54) is 75.8 Å². The highest BCUT2D eigenvalue weighted by Crippen LogP contribution is 2.27. The largest absolute Gasteiger partial charge is 0.371 e. The van der Waals surface area contributed by atoms with Crippen molar-refractivity contribution in [2.24, 2.45) is 0 Å². The summed E-state index contributed by atoms with van der Waals surface area (Å²) >= 11 is 0. The Morgan fingerprint density at radius 2 is 1.95 bits per heavy atom. The summed E-state index contributed by atoms with van der Waals surface area (Å²) in [6, 6.07) is 9.68. The van der Waals surface area contributed by atoms with E-state index in [9.17, 15) is 0 Å². The fourth-order valence-electron chi connectivity index (χ4n) is 3.52. The van der Waals surface area contributed by atoms with Gasteiger partial charge in [0.05, 0.1) is 0 Å². The Bertz CT molecular complexity index is 396. The summed E-state index contributed by atoms with van der Waals surface area (Å²) in [5, 5.41) is 3.74. The van der Waals surface area contributed by atoms with E-state index < -0.39 is 0 Å². The second-order valence-electron chi connectivity index (χ2n) is 6.01. The molecule has 104 valence electrons. The van der Waals surface area contributed by atoms with Crippen LogP contribution in [-0.2, 0) is 6.42 Å². The Hall–Kier alpha value is -1.02. The van der Waals surface area contributed by atoms with Crippen LogP contribution in [-0.4, -0.2) is 25.7 Å². The predicted octanol–water partition coefficient (Wildman–Crippen LogP) is 3.36. The Morgan fingerprint density at radius 3 is 2.84 bits per heavy atom. The SMILES string of the molecule is c1ccc2c(c1)CCN2CCCNC1CCCCC1. The quantitative estimate of drug-likeness (QED) is 0.815. The molecule has 1 aliphatic heterocycles. The van der Waals surface area contributed by atoms with Crippen molar-refractivity contribution >= 4 is 5.69 Å². The number of rotatable bonds is 5. The molecule has 1 heterocycles. The normalized spacial score (nSPS) is 19.7. The van der Waals surface area contributed by atoms with Crippen molar-refractivity contribution in [3.63, 3.8) is 0 Å². The lowest BCUT2D eigenvalue weighted by Crippen LogP contribution is -2.33. The molecule has 2 nitrogen and oxygen atoms in total. The van der Waals surface area contributed by atoms with Crippen LogP contribution in [0.3, 0.4) is 0 Å². The molecule has 0 unspecified atom stereocenters. The molecule has 0 radical (unpaired) electrons. The molecule has 0 saturated heterocycles. The van der Waals surface area contributed by atoms with Gasteiger partial charge in [-0.15, -0.1) is 0 Å². The summed E-state index contributed by atoms with van der Waals surface area (Å²) in [5.41, 5.74) is 3.00. The molecule has 1 N–H and O–H groups in total. The van der Waals surface area contributed by atoms with Gasteiger partial charge < -0.3 is 10.2 Å². The first-order valence-electron chi connectivity index (χ1n) is 8.00. The number of benzene rings is 1. The van der Waals surface area contributed by atoms with E-state index in [0.29, 0.717) is 0 Å². The van der Waals surface area contributed by atoms with Gasteiger partial charge in [0, 0.05) is 24.8 Å². The van der Waals surface area contributed by atoms with Gasteiger partial charge >= 0.3 is 0 Å². The van der Waals surface area contributed by atoms with Crippen LogP contribution < -0.4 is 10.2 Å². The topological polar surface area (TPSA) is 15.3 Å². The minimum Gasteiger partial charge on any atom is -0.371 e. The molecule has 0 aromatic heterocycles. The highest BCUT2D eigenvalue weighted by atomic mass is 15.1. The summed E-state index contributed by atoms with van der Waals surface area (Å²) in [5.74, 6) is 0. The van der Waals surface area contributed by atoms with Crippen LogP contribution in [0.4, 0.5) is 5.69 Å². The van der Waals surface area contributed by atoms with Crippen LogP contribution in [0.2, 0.25) is 0 Å². The van der Waals surface area contributed by atoms with Gasteiger partial charge in [-0.2, -0.15) is 0 Å². The zero-order chi connectivity index (χ0) is 12.9. The molecular formula is C17H26N2. The molecule has 0 amide bonds. The molecular weight excluding hydrogens is 232 g/mol. The molecule has 0 atom stereocenters. The first-order valence-corrected chi connectivity index (χ1v) is 8.00. The number of anilines is 1. The molecule has 0 bridgehead atoms. The fraction of sp³-hybridized carbons (Fsp3) is 0.647. The van der Waals surface area contributed by atoms with E-state index in [1.807, 2.05) is 0 Å². The van der Waals surface area contributed by atoms with Gasteiger partial charge in [0.25, 0.3) is 0 Å². The second kappa shape index (κ2) is 6.42. The Morgan fingerprint density at radius 1 is 1.11 bits per heavy atom. The lowest BCUT2D eigenvalue weighted by atomic mass is 9.95. The fourth-order valence-corrected chi connectivity index (χ4v) is 3.52. The van der Waals surface area contributed by atoms with Crippen LogP contribution >= 0.6 is 0 Å². The molecule has 1 saturated carbocycles. The average molecular weight is 258 g/mol. The van der Waals surface area contributed by atoms with Gasteiger partial charge in [0.15, 0.2) is 0 Å². The van der Waals surface area contributed by atoms with Gasteiger partial charge in [-0.25, -0.2) is 0 Å². The third-order valence-corrected chi connectivity index (χ3v) is 4.63. The molecule has 1 fully saturated rings.